The molecule has 0 aliphatic heterocycles. The van der Waals surface area contributed by atoms with Crippen LogP contribution in [0.2, 0.25) is 0 Å². The lowest BCUT2D eigenvalue weighted by Gasteiger charge is -2.02. The summed E-state index contributed by atoms with van der Waals surface area (Å²) in [5.74, 6) is -0.212. The monoisotopic (exact) mass is 310 g/mol. The smallest absolute Gasteiger partial charge is 0.273 e. The van der Waals surface area contributed by atoms with Crippen molar-refractivity contribution in [2.45, 2.75) is 19.8 Å². The van der Waals surface area contributed by atoms with E-state index in [0.29, 0.717) is 12.2 Å². The van der Waals surface area contributed by atoms with Gasteiger partial charge in [0.25, 0.3) is 5.91 Å². The maximum Gasteiger partial charge on any atom is 0.273 e. The quantitative estimate of drug-likeness (QED) is 0.678. The number of hydrogen-bond acceptors (Lipinski definition) is 4. The standard InChI is InChI=1S/C16H18N6O/c1-12-13(10-18-20-12)6-5-9-17-16(23)15-11-19-22(21-15)14-7-3-2-4-8-14/h2-4,7-8,10-11H,5-6,9H2,1H3,(H,17,23)(H,18,20). The van der Waals surface area contributed by atoms with E-state index in [9.17, 15) is 4.79 Å². The highest BCUT2D eigenvalue weighted by atomic mass is 16.2. The van der Waals surface area contributed by atoms with Crippen LogP contribution in [0.4, 0.5) is 0 Å². The van der Waals surface area contributed by atoms with E-state index in [-0.39, 0.29) is 5.91 Å². The molecule has 23 heavy (non-hydrogen) atoms. The van der Waals surface area contributed by atoms with Gasteiger partial charge in [0.2, 0.25) is 0 Å². The van der Waals surface area contributed by atoms with Crippen molar-refractivity contribution in [3.05, 3.63) is 59.7 Å². The molecule has 0 aliphatic carbocycles. The fraction of sp³-hybridized carbons (Fsp3) is 0.250. The Bertz CT molecular complexity index is 777. The first kappa shape index (κ1) is 15.0. The molecule has 0 saturated carbocycles. The third-order valence-corrected chi connectivity index (χ3v) is 3.55. The SMILES string of the molecule is Cc1[nH]ncc1CCCNC(=O)c1cnn(-c2ccccc2)n1. The van der Waals surface area contributed by atoms with Crippen LogP contribution in [0, 0.1) is 6.92 Å². The number of para-hydroxylation sites is 1. The number of hydrogen-bond donors (Lipinski definition) is 2. The maximum absolute atomic E-state index is 12.1. The van der Waals surface area contributed by atoms with Gasteiger partial charge in [-0.15, -0.1) is 5.10 Å². The number of aromatic nitrogens is 5. The molecule has 0 unspecified atom stereocenters. The Balaban J connectivity index is 1.51. The zero-order valence-electron chi connectivity index (χ0n) is 12.9. The normalized spacial score (nSPS) is 10.7. The zero-order valence-corrected chi connectivity index (χ0v) is 12.9. The van der Waals surface area contributed by atoms with Gasteiger partial charge in [0.1, 0.15) is 0 Å². The second-order valence-electron chi connectivity index (χ2n) is 5.23. The molecule has 0 fully saturated rings. The maximum atomic E-state index is 12.1. The van der Waals surface area contributed by atoms with E-state index in [2.05, 4.69) is 25.7 Å². The highest BCUT2D eigenvalue weighted by Gasteiger charge is 2.11. The summed E-state index contributed by atoms with van der Waals surface area (Å²) >= 11 is 0. The molecule has 7 nitrogen and oxygen atoms in total. The molecule has 1 amide bonds. The minimum absolute atomic E-state index is 0.212. The summed E-state index contributed by atoms with van der Waals surface area (Å²) in [5, 5.41) is 18.1. The summed E-state index contributed by atoms with van der Waals surface area (Å²) in [7, 11) is 0. The lowest BCUT2D eigenvalue weighted by Crippen LogP contribution is -2.25. The van der Waals surface area contributed by atoms with Crippen molar-refractivity contribution in [3.8, 4) is 5.69 Å². The van der Waals surface area contributed by atoms with Crippen molar-refractivity contribution in [1.29, 1.82) is 0 Å². The van der Waals surface area contributed by atoms with Crippen LogP contribution in [-0.4, -0.2) is 37.6 Å². The molecule has 1 aromatic carbocycles. The molecular formula is C16H18N6O. The minimum Gasteiger partial charge on any atom is -0.351 e. The van der Waals surface area contributed by atoms with Gasteiger partial charge in [-0.3, -0.25) is 9.89 Å². The Morgan fingerprint density at radius 2 is 2.09 bits per heavy atom. The molecular weight excluding hydrogens is 292 g/mol. The topological polar surface area (TPSA) is 88.5 Å². The summed E-state index contributed by atoms with van der Waals surface area (Å²) in [6.07, 6.45) is 5.02. The van der Waals surface area contributed by atoms with Gasteiger partial charge in [-0.2, -0.15) is 15.0 Å². The number of nitrogens with one attached hydrogen (secondary N) is 2. The molecule has 0 spiro atoms. The molecule has 2 N–H and O–H groups in total. The lowest BCUT2D eigenvalue weighted by atomic mass is 10.1. The lowest BCUT2D eigenvalue weighted by molar-refractivity contribution is 0.0948. The van der Waals surface area contributed by atoms with Crippen LogP contribution in [0.15, 0.2) is 42.7 Å². The van der Waals surface area contributed by atoms with Crippen LogP contribution in [0.5, 0.6) is 0 Å². The molecule has 0 atom stereocenters. The van der Waals surface area contributed by atoms with Gasteiger partial charge in [-0.1, -0.05) is 18.2 Å². The van der Waals surface area contributed by atoms with Crippen LogP contribution in [0.1, 0.15) is 28.2 Å². The molecule has 3 aromatic rings. The highest BCUT2D eigenvalue weighted by molar-refractivity contribution is 5.91. The zero-order chi connectivity index (χ0) is 16.1. The van der Waals surface area contributed by atoms with Crippen molar-refractivity contribution in [2.75, 3.05) is 6.54 Å². The van der Waals surface area contributed by atoms with Crippen molar-refractivity contribution in [1.82, 2.24) is 30.5 Å². The van der Waals surface area contributed by atoms with Gasteiger partial charge < -0.3 is 5.32 Å². The predicted molar refractivity (Wildman–Crippen MR) is 85.3 cm³/mol. The van der Waals surface area contributed by atoms with Gasteiger partial charge >= 0.3 is 0 Å². The molecule has 0 radical (unpaired) electrons. The number of benzene rings is 1. The molecule has 3 rings (SSSR count). The van der Waals surface area contributed by atoms with Crippen molar-refractivity contribution in [3.63, 3.8) is 0 Å². The number of H-pyrrole nitrogens is 1. The highest BCUT2D eigenvalue weighted by Crippen LogP contribution is 2.06. The van der Waals surface area contributed by atoms with Gasteiger partial charge in [0, 0.05) is 12.2 Å². The van der Waals surface area contributed by atoms with Crippen LogP contribution in [-0.2, 0) is 6.42 Å². The molecule has 0 bridgehead atoms. The first-order valence-corrected chi connectivity index (χ1v) is 7.49. The Hall–Kier alpha value is -2.96. The van der Waals surface area contributed by atoms with E-state index < -0.39 is 0 Å². The third kappa shape index (κ3) is 3.63. The first-order valence-electron chi connectivity index (χ1n) is 7.49. The summed E-state index contributed by atoms with van der Waals surface area (Å²) in [6.45, 7) is 2.57. The van der Waals surface area contributed by atoms with E-state index in [1.54, 1.807) is 0 Å². The minimum atomic E-state index is -0.212. The Kier molecular flexibility index (Phi) is 4.46. The largest absolute Gasteiger partial charge is 0.351 e. The number of nitrogens with zero attached hydrogens (tertiary/aromatic N) is 4. The second kappa shape index (κ2) is 6.87. The number of carbonyl (C=O) groups is 1. The van der Waals surface area contributed by atoms with Gasteiger partial charge in [-0.05, 0) is 37.5 Å². The second-order valence-corrected chi connectivity index (χ2v) is 5.23. The van der Waals surface area contributed by atoms with E-state index >= 15 is 0 Å². The van der Waals surface area contributed by atoms with Crippen molar-refractivity contribution < 1.29 is 4.79 Å². The average molecular weight is 310 g/mol. The van der Waals surface area contributed by atoms with E-state index in [4.69, 9.17) is 0 Å². The summed E-state index contributed by atoms with van der Waals surface area (Å²) in [6, 6.07) is 9.48. The Morgan fingerprint density at radius 3 is 2.83 bits per heavy atom. The van der Waals surface area contributed by atoms with Crippen LogP contribution >= 0.6 is 0 Å². The molecule has 2 heterocycles. The van der Waals surface area contributed by atoms with Crippen molar-refractivity contribution in [2.24, 2.45) is 0 Å². The van der Waals surface area contributed by atoms with Gasteiger partial charge in [0.05, 0.1) is 18.1 Å². The third-order valence-electron chi connectivity index (χ3n) is 3.55. The van der Waals surface area contributed by atoms with E-state index in [0.717, 1.165) is 24.2 Å². The fourth-order valence-electron chi connectivity index (χ4n) is 2.25. The van der Waals surface area contributed by atoms with Crippen LogP contribution in [0.3, 0.4) is 0 Å². The van der Waals surface area contributed by atoms with Gasteiger partial charge in [0.15, 0.2) is 5.69 Å². The molecule has 0 aliphatic rings. The van der Waals surface area contributed by atoms with Crippen LogP contribution in [0.25, 0.3) is 5.69 Å². The number of aryl methyl sites for hydroxylation is 2. The molecule has 7 heteroatoms. The molecule has 2 aromatic heterocycles. The van der Waals surface area contributed by atoms with Gasteiger partial charge in [-0.25, -0.2) is 0 Å². The number of aromatic amines is 1. The number of amides is 1. The van der Waals surface area contributed by atoms with Crippen LogP contribution < -0.4 is 5.32 Å². The Labute approximate surface area is 133 Å². The van der Waals surface area contributed by atoms with E-state index in [1.807, 2.05) is 43.5 Å². The summed E-state index contributed by atoms with van der Waals surface area (Å²) in [5.41, 5.74) is 3.38. The number of carbonyl (C=O) groups excluding carboxylic acids is 1. The molecule has 118 valence electrons. The summed E-state index contributed by atoms with van der Waals surface area (Å²) in [4.78, 5) is 13.5. The first-order chi connectivity index (χ1) is 11.2. The average Bonchev–Trinajstić information content (AvgIpc) is 3.22. The Morgan fingerprint density at radius 1 is 1.26 bits per heavy atom. The predicted octanol–water partition coefficient (Wildman–Crippen LogP) is 1.66. The number of rotatable bonds is 6. The molecule has 0 saturated heterocycles. The van der Waals surface area contributed by atoms with E-state index in [1.165, 1.54) is 16.6 Å². The summed E-state index contributed by atoms with van der Waals surface area (Å²) < 4.78 is 0. The van der Waals surface area contributed by atoms with Crippen molar-refractivity contribution >= 4 is 5.91 Å². The fourth-order valence-corrected chi connectivity index (χ4v) is 2.25.